The Morgan fingerprint density at radius 3 is 2.23 bits per heavy atom. The molecule has 0 fully saturated rings. The molecular weight excluding hydrogens is 650 g/mol. The van der Waals surface area contributed by atoms with E-state index >= 15 is 0 Å². The molecule has 11 heteroatoms. The fraction of sp³-hybridized carbons (Fsp3) is 0.297. The molecule has 0 saturated heterocycles. The lowest BCUT2D eigenvalue weighted by Gasteiger charge is -2.34. The average molecular weight is 692 g/mol. The van der Waals surface area contributed by atoms with Gasteiger partial charge >= 0.3 is 0 Å². The van der Waals surface area contributed by atoms with Gasteiger partial charge in [-0.25, -0.2) is 8.42 Å². The van der Waals surface area contributed by atoms with Crippen molar-refractivity contribution in [3.05, 3.63) is 119 Å². The van der Waals surface area contributed by atoms with Crippen LogP contribution >= 0.6 is 11.6 Å². The molecule has 0 aliphatic rings. The van der Waals surface area contributed by atoms with Crippen LogP contribution in [-0.2, 0) is 32.6 Å². The van der Waals surface area contributed by atoms with Gasteiger partial charge in [-0.2, -0.15) is 0 Å². The first-order valence-electron chi connectivity index (χ1n) is 15.7. The lowest BCUT2D eigenvalue weighted by Crippen LogP contribution is -2.53. The quantitative estimate of drug-likeness (QED) is 0.136. The predicted octanol–water partition coefficient (Wildman–Crippen LogP) is 6.42. The van der Waals surface area contributed by atoms with Crippen molar-refractivity contribution in [2.75, 3.05) is 31.6 Å². The minimum absolute atomic E-state index is 0.00571. The van der Waals surface area contributed by atoms with Gasteiger partial charge in [0.15, 0.2) is 0 Å². The predicted molar refractivity (Wildman–Crippen MR) is 189 cm³/mol. The molecule has 1 atom stereocenters. The normalized spacial score (nSPS) is 11.8. The number of hydrogen-bond donors (Lipinski definition) is 1. The highest BCUT2D eigenvalue weighted by molar-refractivity contribution is 7.92. The van der Waals surface area contributed by atoms with Crippen LogP contribution in [-0.4, -0.2) is 58.5 Å². The van der Waals surface area contributed by atoms with E-state index < -0.39 is 28.5 Å². The zero-order valence-corrected chi connectivity index (χ0v) is 29.3. The summed E-state index contributed by atoms with van der Waals surface area (Å²) in [7, 11) is -1.44. The third kappa shape index (κ3) is 9.29. The maximum atomic E-state index is 14.7. The van der Waals surface area contributed by atoms with Crippen molar-refractivity contribution in [1.29, 1.82) is 0 Å². The minimum atomic E-state index is -4.33. The average Bonchev–Trinajstić information content (AvgIpc) is 3.09. The fourth-order valence-corrected chi connectivity index (χ4v) is 6.86. The molecule has 254 valence electrons. The second kappa shape index (κ2) is 17.0. The highest BCUT2D eigenvalue weighted by atomic mass is 35.5. The van der Waals surface area contributed by atoms with E-state index in [2.05, 4.69) is 5.32 Å². The molecule has 0 aromatic heterocycles. The SMILES string of the molecule is CCCCNC(=O)C(Cc1ccccc1)N(Cc1cccc(Cl)c1)C(=O)CN(c1cc(OC)ccc1OC)S(=O)(=O)c1ccc(C)cc1. The van der Waals surface area contributed by atoms with Gasteiger partial charge in [0.1, 0.15) is 24.1 Å². The Hall–Kier alpha value is -4.54. The maximum absolute atomic E-state index is 14.7. The first kappa shape index (κ1) is 36.3. The number of ether oxygens (including phenoxy) is 2. The largest absolute Gasteiger partial charge is 0.497 e. The van der Waals surface area contributed by atoms with E-state index in [9.17, 15) is 18.0 Å². The van der Waals surface area contributed by atoms with Crippen LogP contribution in [0.3, 0.4) is 0 Å². The summed E-state index contributed by atoms with van der Waals surface area (Å²) in [6.45, 7) is 3.70. The summed E-state index contributed by atoms with van der Waals surface area (Å²) in [6, 6.07) is 26.6. The van der Waals surface area contributed by atoms with Crippen molar-refractivity contribution in [3.63, 3.8) is 0 Å². The summed E-state index contributed by atoms with van der Waals surface area (Å²) < 4.78 is 40.8. The summed E-state index contributed by atoms with van der Waals surface area (Å²) in [4.78, 5) is 30.0. The van der Waals surface area contributed by atoms with Gasteiger partial charge in [-0.3, -0.25) is 13.9 Å². The third-order valence-corrected chi connectivity index (χ3v) is 9.89. The van der Waals surface area contributed by atoms with Crippen LogP contribution in [0.5, 0.6) is 11.5 Å². The van der Waals surface area contributed by atoms with E-state index in [4.69, 9.17) is 21.1 Å². The standard InChI is InChI=1S/C37H42ClN3O6S/c1-5-6-21-39-37(43)34(23-28-11-8-7-9-12-28)40(25-29-13-10-14-30(38)22-29)36(42)26-41(33-24-31(46-3)17-20-35(33)47-4)48(44,45)32-18-15-27(2)16-19-32/h7-20,22,24,34H,5-6,21,23,25-26H2,1-4H3,(H,39,43). The fourth-order valence-electron chi connectivity index (χ4n) is 5.23. The Morgan fingerprint density at radius 2 is 1.58 bits per heavy atom. The molecule has 0 spiro atoms. The van der Waals surface area contributed by atoms with Gasteiger partial charge in [-0.15, -0.1) is 0 Å². The lowest BCUT2D eigenvalue weighted by atomic mass is 10.0. The van der Waals surface area contributed by atoms with Crippen LogP contribution in [0.15, 0.2) is 102 Å². The summed E-state index contributed by atoms with van der Waals surface area (Å²) >= 11 is 6.33. The molecule has 48 heavy (non-hydrogen) atoms. The number of aryl methyl sites for hydroxylation is 1. The molecule has 0 aliphatic heterocycles. The number of nitrogens with zero attached hydrogens (tertiary/aromatic N) is 2. The zero-order chi connectivity index (χ0) is 34.7. The second-order valence-electron chi connectivity index (χ2n) is 11.4. The Balaban J connectivity index is 1.85. The summed E-state index contributed by atoms with van der Waals surface area (Å²) in [5.74, 6) is -0.342. The van der Waals surface area contributed by atoms with Gasteiger partial charge in [-0.1, -0.05) is 85.1 Å². The molecule has 1 unspecified atom stereocenters. The smallest absolute Gasteiger partial charge is 0.264 e. The van der Waals surface area contributed by atoms with Crippen LogP contribution in [0, 0.1) is 6.92 Å². The second-order valence-corrected chi connectivity index (χ2v) is 13.7. The van der Waals surface area contributed by atoms with Crippen LogP contribution in [0.4, 0.5) is 5.69 Å². The van der Waals surface area contributed by atoms with Crippen molar-refractivity contribution in [1.82, 2.24) is 10.2 Å². The molecule has 0 aliphatic carbocycles. The number of nitrogens with one attached hydrogen (secondary N) is 1. The van der Waals surface area contributed by atoms with Crippen molar-refractivity contribution in [2.45, 2.75) is 50.6 Å². The van der Waals surface area contributed by atoms with E-state index in [-0.39, 0.29) is 35.2 Å². The molecule has 0 heterocycles. The third-order valence-electron chi connectivity index (χ3n) is 7.89. The molecule has 0 bridgehead atoms. The first-order chi connectivity index (χ1) is 23.1. The number of carbonyl (C=O) groups excluding carboxylic acids is 2. The molecule has 4 aromatic rings. The van der Waals surface area contributed by atoms with Crippen molar-refractivity contribution in [3.8, 4) is 11.5 Å². The van der Waals surface area contributed by atoms with E-state index in [0.29, 0.717) is 22.9 Å². The number of rotatable bonds is 16. The van der Waals surface area contributed by atoms with Crippen LogP contribution < -0.4 is 19.1 Å². The monoisotopic (exact) mass is 691 g/mol. The van der Waals surface area contributed by atoms with Crippen molar-refractivity contribution in [2.24, 2.45) is 0 Å². The molecule has 2 amide bonds. The summed E-state index contributed by atoms with van der Waals surface area (Å²) in [5, 5.41) is 3.46. The zero-order valence-electron chi connectivity index (χ0n) is 27.7. The van der Waals surface area contributed by atoms with Crippen molar-refractivity contribution < 1.29 is 27.5 Å². The Bertz CT molecular complexity index is 1780. The topological polar surface area (TPSA) is 105 Å². The molecule has 1 N–H and O–H groups in total. The molecule has 0 saturated carbocycles. The van der Waals surface area contributed by atoms with Gasteiger partial charge in [-0.05, 0) is 60.9 Å². The van der Waals surface area contributed by atoms with E-state index in [1.807, 2.05) is 50.2 Å². The molecule has 4 rings (SSSR count). The minimum Gasteiger partial charge on any atom is -0.497 e. The van der Waals surface area contributed by atoms with E-state index in [0.717, 1.165) is 28.3 Å². The van der Waals surface area contributed by atoms with Gasteiger partial charge in [0.25, 0.3) is 10.0 Å². The van der Waals surface area contributed by atoms with Crippen LogP contribution in [0.2, 0.25) is 5.02 Å². The number of carbonyl (C=O) groups is 2. The van der Waals surface area contributed by atoms with Crippen LogP contribution in [0.25, 0.3) is 0 Å². The van der Waals surface area contributed by atoms with Gasteiger partial charge in [0.05, 0.1) is 24.8 Å². The highest BCUT2D eigenvalue weighted by Crippen LogP contribution is 2.36. The molecule has 9 nitrogen and oxygen atoms in total. The van der Waals surface area contributed by atoms with E-state index in [1.54, 1.807) is 42.5 Å². The van der Waals surface area contributed by atoms with E-state index in [1.165, 1.54) is 37.3 Å². The number of unbranched alkanes of at least 4 members (excludes halogenated alkanes) is 1. The number of benzene rings is 4. The molecule has 4 aromatic carbocycles. The number of hydrogen-bond acceptors (Lipinski definition) is 6. The summed E-state index contributed by atoms with van der Waals surface area (Å²) in [6.07, 6.45) is 1.85. The van der Waals surface area contributed by atoms with Crippen molar-refractivity contribution >= 4 is 39.1 Å². The Labute approximate surface area is 288 Å². The number of halogens is 1. The van der Waals surface area contributed by atoms with Gasteiger partial charge in [0.2, 0.25) is 11.8 Å². The molecular formula is C37H42ClN3O6S. The van der Waals surface area contributed by atoms with Crippen LogP contribution in [0.1, 0.15) is 36.5 Å². The summed E-state index contributed by atoms with van der Waals surface area (Å²) in [5.41, 5.74) is 2.51. The van der Waals surface area contributed by atoms with Gasteiger partial charge < -0.3 is 19.7 Å². The maximum Gasteiger partial charge on any atom is 0.264 e. The Kier molecular flexibility index (Phi) is 12.9. The lowest BCUT2D eigenvalue weighted by molar-refractivity contribution is -0.140. The molecule has 0 radical (unpaired) electrons. The number of sulfonamides is 1. The highest BCUT2D eigenvalue weighted by Gasteiger charge is 2.35. The number of anilines is 1. The number of amides is 2. The Morgan fingerprint density at radius 1 is 0.875 bits per heavy atom. The first-order valence-corrected chi connectivity index (χ1v) is 17.6. The van der Waals surface area contributed by atoms with Gasteiger partial charge in [0, 0.05) is 30.6 Å². The number of methoxy groups -OCH3 is 2.